The molecule has 2 aromatic rings. The molecule has 18 heavy (non-hydrogen) atoms. The molecule has 0 bridgehead atoms. The molecule has 0 aliphatic rings. The van der Waals surface area contributed by atoms with E-state index < -0.39 is 0 Å². The molecule has 0 saturated heterocycles. The summed E-state index contributed by atoms with van der Waals surface area (Å²) in [7, 11) is 0. The van der Waals surface area contributed by atoms with Crippen LogP contribution in [0.2, 0.25) is 20.1 Å². The van der Waals surface area contributed by atoms with E-state index in [4.69, 9.17) is 56.6 Å². The highest BCUT2D eigenvalue weighted by molar-refractivity contribution is 6.42. The Morgan fingerprint density at radius 3 is 1.11 bits per heavy atom. The van der Waals surface area contributed by atoms with Gasteiger partial charge in [0.15, 0.2) is 0 Å². The first-order chi connectivity index (χ1) is 8.40. The number of benzene rings is 2. The van der Waals surface area contributed by atoms with Gasteiger partial charge in [0.05, 0.1) is 20.1 Å². The van der Waals surface area contributed by atoms with Crippen molar-refractivity contribution in [3.05, 3.63) is 56.5 Å². The molecule has 0 aromatic heterocycles. The van der Waals surface area contributed by atoms with E-state index in [0.29, 0.717) is 20.1 Å². The molecular weight excluding hydrogens is 318 g/mol. The smallest absolute Gasteiger partial charge is 0.117 e. The molecule has 0 radical (unpaired) electrons. The van der Waals surface area contributed by atoms with Crippen molar-refractivity contribution in [1.29, 1.82) is 0 Å². The number of hydrogen-bond donors (Lipinski definition) is 2. The lowest BCUT2D eigenvalue weighted by Crippen LogP contribution is -1.66. The summed E-state index contributed by atoms with van der Waals surface area (Å²) in [5, 5.41) is 19.2. The average molecular weight is 326 g/mol. The molecular formula is C12H8Cl4O2. The first-order valence-electron chi connectivity index (χ1n) is 4.68. The molecule has 0 atom stereocenters. The molecule has 6 heteroatoms. The van der Waals surface area contributed by atoms with Gasteiger partial charge >= 0.3 is 0 Å². The summed E-state index contributed by atoms with van der Waals surface area (Å²) >= 11 is 22.1. The molecule has 0 fully saturated rings. The van der Waals surface area contributed by atoms with Crippen LogP contribution in [0, 0.1) is 0 Å². The molecule has 0 aliphatic heterocycles. The Balaban J connectivity index is 0.000000180. The normalized spacial score (nSPS) is 9.56. The lowest BCUT2D eigenvalue weighted by Gasteiger charge is -1.93. The predicted octanol–water partition coefficient (Wildman–Crippen LogP) is 5.40. The number of halogens is 4. The second-order valence-electron chi connectivity index (χ2n) is 3.20. The van der Waals surface area contributed by atoms with E-state index in [2.05, 4.69) is 0 Å². The zero-order valence-corrected chi connectivity index (χ0v) is 11.9. The lowest BCUT2D eigenvalue weighted by atomic mass is 10.3. The Hall–Kier alpha value is -0.800. The maximum Gasteiger partial charge on any atom is 0.117 e. The number of aromatic hydroxyl groups is 2. The van der Waals surface area contributed by atoms with Gasteiger partial charge in [-0.15, -0.1) is 0 Å². The van der Waals surface area contributed by atoms with Crippen LogP contribution in [0.3, 0.4) is 0 Å². The van der Waals surface area contributed by atoms with Gasteiger partial charge in [0.2, 0.25) is 0 Å². The van der Waals surface area contributed by atoms with E-state index in [9.17, 15) is 0 Å². The third kappa shape index (κ3) is 4.83. The zero-order valence-electron chi connectivity index (χ0n) is 8.87. The standard InChI is InChI=1S/2C6H4Cl2O/c2*7-5-2-1-4(9)3-6(5)8/h2*1-3,9H. The van der Waals surface area contributed by atoms with E-state index in [1.807, 2.05) is 0 Å². The van der Waals surface area contributed by atoms with Crippen LogP contribution < -0.4 is 0 Å². The van der Waals surface area contributed by atoms with Gasteiger partial charge in [-0.05, 0) is 36.4 Å². The van der Waals surface area contributed by atoms with Gasteiger partial charge in [0.1, 0.15) is 11.5 Å². The van der Waals surface area contributed by atoms with Crippen LogP contribution in [-0.2, 0) is 0 Å². The first kappa shape index (κ1) is 15.3. The van der Waals surface area contributed by atoms with Crippen molar-refractivity contribution in [1.82, 2.24) is 0 Å². The molecule has 2 rings (SSSR count). The van der Waals surface area contributed by atoms with Crippen molar-refractivity contribution < 1.29 is 10.2 Å². The van der Waals surface area contributed by atoms with Gasteiger partial charge < -0.3 is 10.2 Å². The maximum atomic E-state index is 8.79. The molecule has 0 aliphatic carbocycles. The van der Waals surface area contributed by atoms with E-state index in [-0.39, 0.29) is 11.5 Å². The average Bonchev–Trinajstić information content (AvgIpc) is 2.30. The third-order valence-corrected chi connectivity index (χ3v) is 3.28. The fourth-order valence-corrected chi connectivity index (χ4v) is 1.55. The van der Waals surface area contributed by atoms with Crippen LogP contribution in [0.15, 0.2) is 36.4 Å². The number of hydrogen-bond acceptors (Lipinski definition) is 2. The van der Waals surface area contributed by atoms with Gasteiger partial charge in [-0.2, -0.15) is 0 Å². The second-order valence-corrected chi connectivity index (χ2v) is 4.83. The molecule has 96 valence electrons. The summed E-state index contributed by atoms with van der Waals surface area (Å²) in [6.07, 6.45) is 0. The molecule has 0 spiro atoms. The summed E-state index contributed by atoms with van der Waals surface area (Å²) in [6.45, 7) is 0. The summed E-state index contributed by atoms with van der Waals surface area (Å²) in [5.41, 5.74) is 0. The van der Waals surface area contributed by atoms with Gasteiger partial charge in [-0.1, -0.05) is 46.4 Å². The monoisotopic (exact) mass is 324 g/mol. The van der Waals surface area contributed by atoms with Crippen LogP contribution >= 0.6 is 46.4 Å². The molecule has 0 amide bonds. The van der Waals surface area contributed by atoms with Crippen LogP contribution in [0.1, 0.15) is 0 Å². The van der Waals surface area contributed by atoms with Crippen molar-refractivity contribution in [2.45, 2.75) is 0 Å². The van der Waals surface area contributed by atoms with Crippen LogP contribution in [0.25, 0.3) is 0 Å². The van der Waals surface area contributed by atoms with Crippen molar-refractivity contribution in [3.8, 4) is 11.5 Å². The summed E-state index contributed by atoms with van der Waals surface area (Å²) in [4.78, 5) is 0. The molecule has 0 heterocycles. The maximum absolute atomic E-state index is 8.79. The third-order valence-electron chi connectivity index (χ3n) is 1.81. The van der Waals surface area contributed by atoms with Crippen LogP contribution in [0.5, 0.6) is 11.5 Å². The minimum Gasteiger partial charge on any atom is -0.508 e. The van der Waals surface area contributed by atoms with E-state index in [1.165, 1.54) is 24.3 Å². The molecule has 0 unspecified atom stereocenters. The second kappa shape index (κ2) is 6.95. The Bertz CT molecular complexity index is 494. The van der Waals surface area contributed by atoms with Crippen LogP contribution in [-0.4, -0.2) is 10.2 Å². The Labute approximate surface area is 124 Å². The van der Waals surface area contributed by atoms with Crippen molar-refractivity contribution in [2.24, 2.45) is 0 Å². The summed E-state index contributed by atoms with van der Waals surface area (Å²) in [5.74, 6) is 0.258. The number of rotatable bonds is 0. The van der Waals surface area contributed by atoms with E-state index in [1.54, 1.807) is 12.1 Å². The Morgan fingerprint density at radius 2 is 0.889 bits per heavy atom. The number of phenols is 2. The minimum absolute atomic E-state index is 0.129. The van der Waals surface area contributed by atoms with Crippen molar-refractivity contribution in [2.75, 3.05) is 0 Å². The van der Waals surface area contributed by atoms with Crippen molar-refractivity contribution in [3.63, 3.8) is 0 Å². The van der Waals surface area contributed by atoms with Gasteiger partial charge in [-0.25, -0.2) is 0 Å². The van der Waals surface area contributed by atoms with Gasteiger partial charge in [0.25, 0.3) is 0 Å². The van der Waals surface area contributed by atoms with E-state index in [0.717, 1.165) is 0 Å². The van der Waals surface area contributed by atoms with Crippen molar-refractivity contribution >= 4 is 46.4 Å². The van der Waals surface area contributed by atoms with Crippen LogP contribution in [0.4, 0.5) is 0 Å². The van der Waals surface area contributed by atoms with Gasteiger partial charge in [-0.3, -0.25) is 0 Å². The molecule has 2 nitrogen and oxygen atoms in total. The largest absolute Gasteiger partial charge is 0.508 e. The minimum atomic E-state index is 0.129. The Morgan fingerprint density at radius 1 is 0.556 bits per heavy atom. The highest BCUT2D eigenvalue weighted by Gasteiger charge is 1.96. The number of phenolic OH excluding ortho intramolecular Hbond substituents is 2. The summed E-state index contributed by atoms with van der Waals surface area (Å²) in [6, 6.07) is 8.83. The molecule has 2 N–H and O–H groups in total. The first-order valence-corrected chi connectivity index (χ1v) is 6.19. The lowest BCUT2D eigenvalue weighted by molar-refractivity contribution is 0.475. The topological polar surface area (TPSA) is 40.5 Å². The predicted molar refractivity (Wildman–Crippen MR) is 76.3 cm³/mol. The fraction of sp³-hybridized carbons (Fsp3) is 0. The van der Waals surface area contributed by atoms with Gasteiger partial charge in [0, 0.05) is 0 Å². The highest BCUT2D eigenvalue weighted by atomic mass is 35.5. The SMILES string of the molecule is Oc1ccc(Cl)c(Cl)c1.Oc1ccc(Cl)c(Cl)c1. The molecule has 2 aromatic carbocycles. The summed E-state index contributed by atoms with van der Waals surface area (Å²) < 4.78 is 0. The highest BCUT2D eigenvalue weighted by Crippen LogP contribution is 2.25. The van der Waals surface area contributed by atoms with E-state index >= 15 is 0 Å². The zero-order chi connectivity index (χ0) is 13.7. The molecule has 0 saturated carbocycles. The fourth-order valence-electron chi connectivity index (χ4n) is 0.970. The Kier molecular flexibility index (Phi) is 5.89. The quantitative estimate of drug-likeness (QED) is 0.681.